The fourth-order valence-electron chi connectivity index (χ4n) is 1.70. The summed E-state index contributed by atoms with van der Waals surface area (Å²) in [7, 11) is 0. The monoisotopic (exact) mass is 317 g/mol. The molecule has 0 fully saturated rings. The highest BCUT2D eigenvalue weighted by Crippen LogP contribution is 2.22. The van der Waals surface area contributed by atoms with Crippen LogP contribution in [0.1, 0.15) is 42.5 Å². The van der Waals surface area contributed by atoms with Gasteiger partial charge in [0.15, 0.2) is 0 Å². The fraction of sp³-hybridized carbons (Fsp3) is 0.429. The van der Waals surface area contributed by atoms with E-state index >= 15 is 0 Å². The van der Waals surface area contributed by atoms with Crippen molar-refractivity contribution in [1.29, 1.82) is 0 Å². The van der Waals surface area contributed by atoms with Gasteiger partial charge in [0.1, 0.15) is 0 Å². The predicted octanol–water partition coefficient (Wildman–Crippen LogP) is 3.76. The molecule has 0 aromatic heterocycles. The quantitative estimate of drug-likeness (QED) is 0.717. The van der Waals surface area contributed by atoms with Gasteiger partial charge in [-0.15, -0.1) is 0 Å². The standard InChI is InChI=1S/C14H17Cl2NO3/c15-11-7-6-10(9-12(11)16)14(20)17-8-4-2-1-3-5-13(18)19/h6-7,9H,1-5,8H2,(H,17,20)(H,18,19). The van der Waals surface area contributed by atoms with Gasteiger partial charge in [-0.1, -0.05) is 36.0 Å². The molecule has 0 unspecified atom stereocenters. The Kier molecular flexibility index (Phi) is 7.41. The third kappa shape index (κ3) is 6.26. The number of carbonyl (C=O) groups excluding carboxylic acids is 1. The number of nitrogens with one attached hydrogen (secondary N) is 1. The molecule has 0 heterocycles. The number of unbranched alkanes of at least 4 members (excludes halogenated alkanes) is 3. The molecule has 1 aromatic carbocycles. The number of carbonyl (C=O) groups is 2. The Bertz CT molecular complexity index is 477. The number of amides is 1. The lowest BCUT2D eigenvalue weighted by atomic mass is 10.1. The van der Waals surface area contributed by atoms with Crippen molar-refractivity contribution in [1.82, 2.24) is 5.32 Å². The molecule has 0 saturated heterocycles. The topological polar surface area (TPSA) is 66.4 Å². The van der Waals surface area contributed by atoms with E-state index in [1.54, 1.807) is 12.1 Å². The van der Waals surface area contributed by atoms with Crippen LogP contribution in [0.3, 0.4) is 0 Å². The number of carboxylic acid groups (broad SMARTS) is 1. The number of halogens is 2. The Balaban J connectivity index is 2.20. The molecule has 2 N–H and O–H groups in total. The maximum Gasteiger partial charge on any atom is 0.303 e. The second-order valence-corrected chi connectivity index (χ2v) is 5.26. The van der Waals surface area contributed by atoms with Crippen LogP contribution < -0.4 is 5.32 Å². The van der Waals surface area contributed by atoms with Gasteiger partial charge < -0.3 is 10.4 Å². The van der Waals surface area contributed by atoms with Gasteiger partial charge in [-0.05, 0) is 31.0 Å². The van der Waals surface area contributed by atoms with Crippen molar-refractivity contribution in [3.63, 3.8) is 0 Å². The summed E-state index contributed by atoms with van der Waals surface area (Å²) >= 11 is 11.6. The first-order valence-electron chi connectivity index (χ1n) is 6.45. The van der Waals surface area contributed by atoms with E-state index in [1.165, 1.54) is 6.07 Å². The zero-order chi connectivity index (χ0) is 15.0. The smallest absolute Gasteiger partial charge is 0.303 e. The summed E-state index contributed by atoms with van der Waals surface area (Å²) in [5.41, 5.74) is 0.477. The number of aliphatic carboxylic acids is 1. The molecule has 0 bridgehead atoms. The molecule has 6 heteroatoms. The van der Waals surface area contributed by atoms with E-state index < -0.39 is 5.97 Å². The third-order valence-electron chi connectivity index (χ3n) is 2.78. The van der Waals surface area contributed by atoms with Crippen LogP contribution in [-0.4, -0.2) is 23.5 Å². The van der Waals surface area contributed by atoms with Gasteiger partial charge in [0.25, 0.3) is 5.91 Å². The van der Waals surface area contributed by atoms with Gasteiger partial charge in [0, 0.05) is 18.5 Å². The van der Waals surface area contributed by atoms with E-state index in [1.807, 2.05) is 0 Å². The Morgan fingerprint density at radius 2 is 1.75 bits per heavy atom. The predicted molar refractivity (Wildman–Crippen MR) is 79.5 cm³/mol. The van der Waals surface area contributed by atoms with Gasteiger partial charge in [0.05, 0.1) is 10.0 Å². The van der Waals surface area contributed by atoms with E-state index in [2.05, 4.69) is 5.32 Å². The lowest BCUT2D eigenvalue weighted by molar-refractivity contribution is -0.137. The SMILES string of the molecule is O=C(O)CCCCCCNC(=O)c1ccc(Cl)c(Cl)c1. The minimum Gasteiger partial charge on any atom is -0.481 e. The molecule has 0 aliphatic rings. The minimum absolute atomic E-state index is 0.186. The minimum atomic E-state index is -0.766. The van der Waals surface area contributed by atoms with Crippen LogP contribution in [0.15, 0.2) is 18.2 Å². The number of hydrogen-bond donors (Lipinski definition) is 2. The lowest BCUT2D eigenvalue weighted by Gasteiger charge is -2.06. The molecular formula is C14H17Cl2NO3. The molecule has 0 spiro atoms. The first-order valence-corrected chi connectivity index (χ1v) is 7.21. The van der Waals surface area contributed by atoms with Crippen molar-refractivity contribution in [2.24, 2.45) is 0 Å². The highest BCUT2D eigenvalue weighted by Gasteiger charge is 2.07. The number of benzene rings is 1. The number of carboxylic acids is 1. The Hall–Kier alpha value is -1.26. The van der Waals surface area contributed by atoms with Crippen molar-refractivity contribution < 1.29 is 14.7 Å². The molecule has 0 radical (unpaired) electrons. The van der Waals surface area contributed by atoms with Crippen molar-refractivity contribution in [3.05, 3.63) is 33.8 Å². The normalized spacial score (nSPS) is 10.3. The molecule has 0 aliphatic heterocycles. The van der Waals surface area contributed by atoms with Crippen LogP contribution in [0.25, 0.3) is 0 Å². The zero-order valence-corrected chi connectivity index (χ0v) is 12.5. The third-order valence-corrected chi connectivity index (χ3v) is 3.52. The first-order chi connectivity index (χ1) is 9.50. The zero-order valence-electron chi connectivity index (χ0n) is 11.0. The summed E-state index contributed by atoms with van der Waals surface area (Å²) in [5, 5.41) is 12.0. The Morgan fingerprint density at radius 3 is 2.40 bits per heavy atom. The summed E-state index contributed by atoms with van der Waals surface area (Å²) < 4.78 is 0. The summed E-state index contributed by atoms with van der Waals surface area (Å²) in [6, 6.07) is 4.74. The van der Waals surface area contributed by atoms with Crippen LogP contribution in [0.2, 0.25) is 10.0 Å². The number of hydrogen-bond acceptors (Lipinski definition) is 2. The maximum absolute atomic E-state index is 11.8. The van der Waals surface area contributed by atoms with Crippen molar-refractivity contribution in [2.75, 3.05) is 6.54 Å². The molecular weight excluding hydrogens is 301 g/mol. The van der Waals surface area contributed by atoms with Crippen molar-refractivity contribution in [3.8, 4) is 0 Å². The summed E-state index contributed by atoms with van der Waals surface area (Å²) in [6.07, 6.45) is 3.46. The largest absolute Gasteiger partial charge is 0.481 e. The van der Waals surface area contributed by atoms with Crippen LogP contribution in [0, 0.1) is 0 Å². The van der Waals surface area contributed by atoms with Crippen LogP contribution in [0.5, 0.6) is 0 Å². The first kappa shape index (κ1) is 16.8. The van der Waals surface area contributed by atoms with Gasteiger partial charge in [0.2, 0.25) is 0 Å². The summed E-state index contributed by atoms with van der Waals surface area (Å²) in [6.45, 7) is 0.562. The van der Waals surface area contributed by atoms with Crippen molar-refractivity contribution in [2.45, 2.75) is 32.1 Å². The molecule has 1 rings (SSSR count). The van der Waals surface area contributed by atoms with Crippen molar-refractivity contribution >= 4 is 35.1 Å². The summed E-state index contributed by atoms with van der Waals surface area (Å²) in [4.78, 5) is 22.1. The van der Waals surface area contributed by atoms with E-state index in [4.69, 9.17) is 28.3 Å². The molecule has 1 aromatic rings. The van der Waals surface area contributed by atoms with Crippen LogP contribution >= 0.6 is 23.2 Å². The Labute approximate surface area is 128 Å². The van der Waals surface area contributed by atoms with Gasteiger partial charge in [-0.25, -0.2) is 0 Å². The average Bonchev–Trinajstić information content (AvgIpc) is 2.40. The molecule has 0 aliphatic carbocycles. The molecule has 0 atom stereocenters. The highest BCUT2D eigenvalue weighted by molar-refractivity contribution is 6.42. The second kappa shape index (κ2) is 8.82. The van der Waals surface area contributed by atoms with Crippen LogP contribution in [-0.2, 0) is 4.79 Å². The summed E-state index contributed by atoms with van der Waals surface area (Å²) in [5.74, 6) is -0.952. The number of rotatable bonds is 8. The fourth-order valence-corrected chi connectivity index (χ4v) is 1.99. The molecule has 0 saturated carbocycles. The molecule has 1 amide bonds. The van der Waals surface area contributed by atoms with Gasteiger partial charge in [-0.3, -0.25) is 9.59 Å². The van der Waals surface area contributed by atoms with E-state index in [0.717, 1.165) is 19.3 Å². The lowest BCUT2D eigenvalue weighted by Crippen LogP contribution is -2.24. The second-order valence-electron chi connectivity index (χ2n) is 4.44. The molecule has 4 nitrogen and oxygen atoms in total. The maximum atomic E-state index is 11.8. The van der Waals surface area contributed by atoms with Crippen LogP contribution in [0.4, 0.5) is 0 Å². The van der Waals surface area contributed by atoms with E-state index in [-0.39, 0.29) is 12.3 Å². The average molecular weight is 318 g/mol. The van der Waals surface area contributed by atoms with Gasteiger partial charge >= 0.3 is 5.97 Å². The molecule has 110 valence electrons. The molecule has 20 heavy (non-hydrogen) atoms. The highest BCUT2D eigenvalue weighted by atomic mass is 35.5. The Morgan fingerprint density at radius 1 is 1.05 bits per heavy atom. The van der Waals surface area contributed by atoms with Gasteiger partial charge in [-0.2, -0.15) is 0 Å². The van der Waals surface area contributed by atoms with E-state index in [0.29, 0.717) is 28.6 Å². The van der Waals surface area contributed by atoms with E-state index in [9.17, 15) is 9.59 Å².